The van der Waals surface area contributed by atoms with Crippen molar-refractivity contribution in [3.8, 4) is 0 Å². The number of halogens is 1. The molecule has 0 aliphatic rings. The van der Waals surface area contributed by atoms with Crippen LogP contribution < -0.4 is 0 Å². The smallest absolute Gasteiger partial charge is 0.0465 e. The predicted octanol–water partition coefficient (Wildman–Crippen LogP) is 3.27. The van der Waals surface area contributed by atoms with Gasteiger partial charge in [0.15, 0.2) is 0 Å². The van der Waals surface area contributed by atoms with Gasteiger partial charge in [0, 0.05) is 11.9 Å². The molecule has 0 saturated heterocycles. The highest BCUT2D eigenvalue weighted by Crippen LogP contribution is 2.05. The zero-order chi connectivity index (χ0) is 9.07. The molecular formula is C10H19BrO. The van der Waals surface area contributed by atoms with Crippen LogP contribution in [0.15, 0.2) is 12.2 Å². The van der Waals surface area contributed by atoms with Gasteiger partial charge in [-0.3, -0.25) is 0 Å². The van der Waals surface area contributed by atoms with Crippen LogP contribution in [0.2, 0.25) is 0 Å². The fourth-order valence-electron chi connectivity index (χ4n) is 1.02. The molecule has 0 unspecified atom stereocenters. The number of alkyl halides is 1. The van der Waals surface area contributed by atoms with Crippen molar-refractivity contribution in [3.05, 3.63) is 12.2 Å². The first-order chi connectivity index (χ1) is 5.91. The van der Waals surface area contributed by atoms with Crippen molar-refractivity contribution in [1.29, 1.82) is 0 Å². The molecule has 0 heterocycles. The van der Waals surface area contributed by atoms with Crippen LogP contribution in [0.25, 0.3) is 0 Å². The van der Waals surface area contributed by atoms with Gasteiger partial charge in [-0.05, 0) is 25.7 Å². The first-order valence-electron chi connectivity index (χ1n) is 4.73. The van der Waals surface area contributed by atoms with Crippen molar-refractivity contribution in [2.24, 2.45) is 0 Å². The van der Waals surface area contributed by atoms with E-state index < -0.39 is 0 Å². The number of aliphatic hydroxyl groups excluding tert-OH is 1. The van der Waals surface area contributed by atoms with Gasteiger partial charge in [0.1, 0.15) is 0 Å². The summed E-state index contributed by atoms with van der Waals surface area (Å²) in [6.07, 6.45) is 11.4. The summed E-state index contributed by atoms with van der Waals surface area (Å²) in [6, 6.07) is 0. The van der Waals surface area contributed by atoms with Crippen LogP contribution in [0.1, 0.15) is 38.5 Å². The molecule has 0 fully saturated rings. The number of hydrogen-bond donors (Lipinski definition) is 1. The van der Waals surface area contributed by atoms with E-state index in [-0.39, 0.29) is 6.61 Å². The Balaban J connectivity index is 2.90. The Morgan fingerprint density at radius 2 is 1.58 bits per heavy atom. The van der Waals surface area contributed by atoms with Gasteiger partial charge in [-0.25, -0.2) is 0 Å². The van der Waals surface area contributed by atoms with Crippen LogP contribution >= 0.6 is 15.9 Å². The van der Waals surface area contributed by atoms with Crippen molar-refractivity contribution in [1.82, 2.24) is 0 Å². The molecule has 0 atom stereocenters. The summed E-state index contributed by atoms with van der Waals surface area (Å²) < 4.78 is 0. The van der Waals surface area contributed by atoms with E-state index >= 15 is 0 Å². The van der Waals surface area contributed by atoms with Gasteiger partial charge in [0.2, 0.25) is 0 Å². The molecule has 0 saturated carbocycles. The predicted molar refractivity (Wildman–Crippen MR) is 57.7 cm³/mol. The highest BCUT2D eigenvalue weighted by Gasteiger charge is 1.86. The Kier molecular flexibility index (Phi) is 11.3. The molecule has 1 N–H and O–H groups in total. The number of aliphatic hydroxyl groups is 1. The Morgan fingerprint density at radius 3 is 2.25 bits per heavy atom. The maximum absolute atomic E-state index is 8.48. The van der Waals surface area contributed by atoms with Gasteiger partial charge >= 0.3 is 0 Å². The Labute approximate surface area is 84.0 Å². The molecule has 0 aromatic rings. The molecule has 0 amide bonds. The van der Waals surface area contributed by atoms with Gasteiger partial charge in [0.25, 0.3) is 0 Å². The van der Waals surface area contributed by atoms with Gasteiger partial charge in [-0.15, -0.1) is 0 Å². The summed E-state index contributed by atoms with van der Waals surface area (Å²) in [5, 5.41) is 9.61. The second kappa shape index (κ2) is 11.2. The van der Waals surface area contributed by atoms with E-state index in [0.29, 0.717) is 0 Å². The monoisotopic (exact) mass is 234 g/mol. The van der Waals surface area contributed by atoms with Crippen molar-refractivity contribution in [2.45, 2.75) is 38.5 Å². The molecule has 0 radical (unpaired) electrons. The number of hydrogen-bond acceptors (Lipinski definition) is 1. The molecule has 0 aliphatic carbocycles. The minimum absolute atomic E-state index is 0.278. The topological polar surface area (TPSA) is 20.2 Å². The molecule has 0 aromatic carbocycles. The quantitative estimate of drug-likeness (QED) is 0.389. The van der Waals surface area contributed by atoms with E-state index in [0.717, 1.165) is 11.8 Å². The van der Waals surface area contributed by atoms with E-state index in [1.807, 2.05) is 0 Å². The molecule has 2 heteroatoms. The number of rotatable bonds is 8. The number of allylic oxidation sites excluding steroid dienone is 1. The molecule has 0 spiro atoms. The molecular weight excluding hydrogens is 216 g/mol. The molecule has 0 aromatic heterocycles. The lowest BCUT2D eigenvalue weighted by molar-refractivity contribution is 0.302. The zero-order valence-corrected chi connectivity index (χ0v) is 9.22. The molecule has 1 nitrogen and oxygen atoms in total. The first kappa shape index (κ1) is 12.2. The summed E-state index contributed by atoms with van der Waals surface area (Å²) in [5.41, 5.74) is 0. The maximum atomic E-state index is 8.48. The van der Waals surface area contributed by atoms with Crippen LogP contribution in [0.5, 0.6) is 0 Å². The molecule has 72 valence electrons. The van der Waals surface area contributed by atoms with Crippen LogP contribution in [0, 0.1) is 0 Å². The minimum Gasteiger partial charge on any atom is -0.396 e. The van der Waals surface area contributed by atoms with E-state index in [2.05, 4.69) is 28.1 Å². The van der Waals surface area contributed by atoms with Gasteiger partial charge < -0.3 is 5.11 Å². The average molecular weight is 235 g/mol. The summed E-state index contributed by atoms with van der Waals surface area (Å²) >= 11 is 3.41. The lowest BCUT2D eigenvalue weighted by Crippen LogP contribution is -1.78. The lowest BCUT2D eigenvalue weighted by Gasteiger charge is -1.95. The second-order valence-corrected chi connectivity index (χ2v) is 3.67. The Hall–Kier alpha value is 0.180. The second-order valence-electron chi connectivity index (χ2n) is 2.88. The van der Waals surface area contributed by atoms with Gasteiger partial charge in [0.05, 0.1) is 0 Å². The van der Waals surface area contributed by atoms with Crippen molar-refractivity contribution >= 4 is 15.9 Å². The SMILES string of the molecule is OCC/C=C\CCCCCCBr. The third-order valence-corrected chi connectivity index (χ3v) is 2.28. The van der Waals surface area contributed by atoms with Crippen LogP contribution in [-0.2, 0) is 0 Å². The normalized spacial score (nSPS) is 11.2. The summed E-state index contributed by atoms with van der Waals surface area (Å²) in [5.74, 6) is 0. The fraction of sp³-hybridized carbons (Fsp3) is 0.800. The third kappa shape index (κ3) is 10.2. The highest BCUT2D eigenvalue weighted by atomic mass is 79.9. The number of unbranched alkanes of at least 4 members (excludes halogenated alkanes) is 4. The van der Waals surface area contributed by atoms with Crippen LogP contribution in [-0.4, -0.2) is 17.0 Å². The maximum Gasteiger partial charge on any atom is 0.0465 e. The van der Waals surface area contributed by atoms with Crippen LogP contribution in [0.3, 0.4) is 0 Å². The van der Waals surface area contributed by atoms with Crippen molar-refractivity contribution < 1.29 is 5.11 Å². The summed E-state index contributed by atoms with van der Waals surface area (Å²) in [6.45, 7) is 0.278. The third-order valence-electron chi connectivity index (χ3n) is 1.72. The Morgan fingerprint density at radius 1 is 0.917 bits per heavy atom. The molecule has 0 bridgehead atoms. The van der Waals surface area contributed by atoms with E-state index in [1.54, 1.807) is 0 Å². The molecule has 0 aliphatic heterocycles. The van der Waals surface area contributed by atoms with Crippen molar-refractivity contribution in [3.63, 3.8) is 0 Å². The largest absolute Gasteiger partial charge is 0.396 e. The molecule has 12 heavy (non-hydrogen) atoms. The summed E-state index contributed by atoms with van der Waals surface area (Å²) in [4.78, 5) is 0. The molecule has 0 rings (SSSR count). The first-order valence-corrected chi connectivity index (χ1v) is 5.85. The van der Waals surface area contributed by atoms with Gasteiger partial charge in [-0.1, -0.05) is 40.9 Å². The zero-order valence-electron chi connectivity index (χ0n) is 7.64. The fourth-order valence-corrected chi connectivity index (χ4v) is 1.42. The van der Waals surface area contributed by atoms with Crippen molar-refractivity contribution in [2.75, 3.05) is 11.9 Å². The van der Waals surface area contributed by atoms with Gasteiger partial charge in [-0.2, -0.15) is 0 Å². The standard InChI is InChI=1S/C10H19BrO/c11-9-7-5-3-1-2-4-6-8-10-12/h4,6,12H,1-3,5,7-10H2/b6-4-. The van der Waals surface area contributed by atoms with E-state index in [4.69, 9.17) is 5.11 Å². The van der Waals surface area contributed by atoms with E-state index in [1.165, 1.54) is 32.1 Å². The summed E-state index contributed by atoms with van der Waals surface area (Å²) in [7, 11) is 0. The lowest BCUT2D eigenvalue weighted by atomic mass is 10.1. The van der Waals surface area contributed by atoms with E-state index in [9.17, 15) is 0 Å². The Bertz CT molecular complexity index is 102. The average Bonchev–Trinajstić information content (AvgIpc) is 2.10. The highest BCUT2D eigenvalue weighted by molar-refractivity contribution is 9.09. The van der Waals surface area contributed by atoms with Crippen LogP contribution in [0.4, 0.5) is 0 Å². The minimum atomic E-state index is 0.278.